The largest absolute Gasteiger partial charge is 0.454 e. The van der Waals surface area contributed by atoms with E-state index in [4.69, 9.17) is 9.47 Å². The van der Waals surface area contributed by atoms with Crippen molar-refractivity contribution in [3.05, 3.63) is 47.5 Å². The molecule has 1 N–H and O–H groups in total. The SMILES string of the molecule is Cc1ccc(S(=O)(=O)N2CCNC(=O)c3cc4c(cc32)OCO4)cc1. The number of aryl methyl sites for hydroxylation is 1. The van der Waals surface area contributed by atoms with E-state index in [1.807, 2.05) is 6.92 Å². The summed E-state index contributed by atoms with van der Waals surface area (Å²) in [5.74, 6) is 0.524. The van der Waals surface area contributed by atoms with Gasteiger partial charge in [-0.25, -0.2) is 8.42 Å². The lowest BCUT2D eigenvalue weighted by molar-refractivity contribution is 0.0957. The van der Waals surface area contributed by atoms with Crippen molar-refractivity contribution in [3.8, 4) is 11.5 Å². The molecule has 0 saturated carbocycles. The number of nitrogens with one attached hydrogen (secondary N) is 1. The molecule has 2 heterocycles. The molecule has 2 aliphatic rings. The molecule has 2 aromatic rings. The first-order chi connectivity index (χ1) is 12.0. The maximum absolute atomic E-state index is 13.1. The third-order valence-electron chi connectivity index (χ3n) is 4.21. The lowest BCUT2D eigenvalue weighted by Gasteiger charge is -2.24. The molecule has 0 fully saturated rings. The maximum Gasteiger partial charge on any atom is 0.264 e. The van der Waals surface area contributed by atoms with E-state index < -0.39 is 10.0 Å². The molecule has 4 rings (SSSR count). The van der Waals surface area contributed by atoms with Gasteiger partial charge < -0.3 is 14.8 Å². The predicted octanol–water partition coefficient (Wildman–Crippen LogP) is 1.66. The number of carbonyl (C=O) groups is 1. The second kappa shape index (κ2) is 5.66. The fraction of sp³-hybridized carbons (Fsp3) is 0.235. The van der Waals surface area contributed by atoms with Crippen molar-refractivity contribution < 1.29 is 22.7 Å². The van der Waals surface area contributed by atoms with Crippen molar-refractivity contribution in [2.75, 3.05) is 24.2 Å². The fourth-order valence-electron chi connectivity index (χ4n) is 2.89. The Balaban J connectivity index is 1.87. The molecule has 0 aromatic heterocycles. The number of carbonyl (C=O) groups excluding carboxylic acids is 1. The molecule has 25 heavy (non-hydrogen) atoms. The van der Waals surface area contributed by atoms with E-state index in [1.165, 1.54) is 10.4 Å². The maximum atomic E-state index is 13.1. The van der Waals surface area contributed by atoms with Crippen molar-refractivity contribution in [2.45, 2.75) is 11.8 Å². The summed E-state index contributed by atoms with van der Waals surface area (Å²) in [6.45, 7) is 2.28. The van der Waals surface area contributed by atoms with E-state index in [1.54, 1.807) is 30.3 Å². The molecule has 0 spiro atoms. The van der Waals surface area contributed by atoms with Gasteiger partial charge in [0.25, 0.3) is 15.9 Å². The van der Waals surface area contributed by atoms with Crippen LogP contribution in [0.2, 0.25) is 0 Å². The summed E-state index contributed by atoms with van der Waals surface area (Å²) >= 11 is 0. The summed E-state index contributed by atoms with van der Waals surface area (Å²) in [5.41, 5.74) is 1.51. The van der Waals surface area contributed by atoms with Crippen LogP contribution < -0.4 is 19.1 Å². The van der Waals surface area contributed by atoms with E-state index in [0.717, 1.165) is 5.56 Å². The summed E-state index contributed by atoms with van der Waals surface area (Å²) < 4.78 is 38.2. The van der Waals surface area contributed by atoms with Crippen LogP contribution in [0.1, 0.15) is 15.9 Å². The Morgan fingerprint density at radius 2 is 1.76 bits per heavy atom. The van der Waals surface area contributed by atoms with E-state index in [-0.39, 0.29) is 36.2 Å². The summed E-state index contributed by atoms with van der Waals surface area (Å²) in [4.78, 5) is 12.5. The van der Waals surface area contributed by atoms with Gasteiger partial charge in [-0.1, -0.05) is 17.7 Å². The smallest absolute Gasteiger partial charge is 0.264 e. The van der Waals surface area contributed by atoms with Gasteiger partial charge in [-0.3, -0.25) is 9.10 Å². The highest BCUT2D eigenvalue weighted by molar-refractivity contribution is 7.92. The lowest BCUT2D eigenvalue weighted by Crippen LogP contribution is -2.35. The minimum absolute atomic E-state index is 0.0462. The number of anilines is 1. The average molecular weight is 360 g/mol. The first kappa shape index (κ1) is 15.8. The van der Waals surface area contributed by atoms with Gasteiger partial charge in [-0.15, -0.1) is 0 Å². The highest BCUT2D eigenvalue weighted by atomic mass is 32.2. The van der Waals surface area contributed by atoms with Crippen molar-refractivity contribution in [1.82, 2.24) is 5.32 Å². The second-order valence-corrected chi connectivity index (χ2v) is 7.73. The molecule has 0 atom stereocenters. The first-order valence-electron chi connectivity index (χ1n) is 7.78. The van der Waals surface area contributed by atoms with Gasteiger partial charge in [0.2, 0.25) is 6.79 Å². The molecule has 2 aliphatic heterocycles. The first-order valence-corrected chi connectivity index (χ1v) is 9.22. The summed E-state index contributed by atoms with van der Waals surface area (Å²) in [6.07, 6.45) is 0. The Bertz CT molecular complexity index is 954. The Morgan fingerprint density at radius 3 is 2.48 bits per heavy atom. The number of fused-ring (bicyclic) bond motifs is 2. The van der Waals surface area contributed by atoms with Gasteiger partial charge in [0.05, 0.1) is 22.7 Å². The van der Waals surface area contributed by atoms with E-state index in [9.17, 15) is 13.2 Å². The molecule has 0 bridgehead atoms. The quantitative estimate of drug-likeness (QED) is 0.880. The second-order valence-electron chi connectivity index (χ2n) is 5.87. The Hall–Kier alpha value is -2.74. The van der Waals surface area contributed by atoms with Crippen molar-refractivity contribution in [2.24, 2.45) is 0 Å². The molecule has 0 aliphatic carbocycles. The van der Waals surface area contributed by atoms with Crippen molar-refractivity contribution in [3.63, 3.8) is 0 Å². The van der Waals surface area contributed by atoms with Gasteiger partial charge in [-0.2, -0.15) is 0 Å². The van der Waals surface area contributed by atoms with Crippen molar-refractivity contribution in [1.29, 1.82) is 0 Å². The molecule has 8 heteroatoms. The molecule has 0 radical (unpaired) electrons. The molecular formula is C17H16N2O5S. The lowest BCUT2D eigenvalue weighted by atomic mass is 10.1. The number of sulfonamides is 1. The third kappa shape index (κ3) is 2.58. The van der Waals surface area contributed by atoms with Crippen LogP contribution in [0.5, 0.6) is 11.5 Å². The molecular weight excluding hydrogens is 344 g/mol. The van der Waals surface area contributed by atoms with Crippen molar-refractivity contribution >= 4 is 21.6 Å². The monoisotopic (exact) mass is 360 g/mol. The summed E-state index contributed by atoms with van der Waals surface area (Å²) in [5, 5.41) is 2.71. The summed E-state index contributed by atoms with van der Waals surface area (Å²) in [7, 11) is -3.81. The van der Waals surface area contributed by atoms with Crippen LogP contribution in [0.3, 0.4) is 0 Å². The van der Waals surface area contributed by atoms with E-state index in [2.05, 4.69) is 5.32 Å². The zero-order valence-electron chi connectivity index (χ0n) is 13.5. The summed E-state index contributed by atoms with van der Waals surface area (Å²) in [6, 6.07) is 9.70. The fourth-order valence-corrected chi connectivity index (χ4v) is 4.37. The minimum atomic E-state index is -3.81. The van der Waals surface area contributed by atoms with Crippen LogP contribution in [0.15, 0.2) is 41.3 Å². The zero-order valence-corrected chi connectivity index (χ0v) is 14.3. The third-order valence-corrected chi connectivity index (χ3v) is 6.04. The molecule has 0 unspecified atom stereocenters. The number of amides is 1. The Labute approximate surface area is 145 Å². The highest BCUT2D eigenvalue weighted by Gasteiger charge is 2.33. The zero-order chi connectivity index (χ0) is 17.6. The molecule has 7 nitrogen and oxygen atoms in total. The Morgan fingerprint density at radius 1 is 1.08 bits per heavy atom. The minimum Gasteiger partial charge on any atom is -0.454 e. The number of ether oxygens (including phenoxy) is 2. The number of hydrogen-bond acceptors (Lipinski definition) is 5. The molecule has 2 aromatic carbocycles. The van der Waals surface area contributed by atoms with Gasteiger partial charge in [0.15, 0.2) is 11.5 Å². The molecule has 0 saturated heterocycles. The standard InChI is InChI=1S/C17H16N2O5S/c1-11-2-4-12(5-3-11)25(21,22)19-7-6-18-17(20)13-8-15-16(9-14(13)19)24-10-23-15/h2-5,8-9H,6-7,10H2,1H3,(H,18,20). The van der Waals surface area contributed by atoms with Gasteiger partial charge in [-0.05, 0) is 25.1 Å². The topological polar surface area (TPSA) is 84.9 Å². The van der Waals surface area contributed by atoms with Crippen LogP contribution in [0, 0.1) is 6.92 Å². The molecule has 130 valence electrons. The van der Waals surface area contributed by atoms with Crippen LogP contribution in [0.25, 0.3) is 0 Å². The van der Waals surface area contributed by atoms with Crippen LogP contribution in [-0.4, -0.2) is 34.2 Å². The van der Waals surface area contributed by atoms with Gasteiger partial charge in [0.1, 0.15) is 0 Å². The highest BCUT2D eigenvalue weighted by Crippen LogP contribution is 2.40. The normalized spacial score (nSPS) is 16.2. The van der Waals surface area contributed by atoms with Gasteiger partial charge >= 0.3 is 0 Å². The number of nitrogens with zero attached hydrogens (tertiary/aromatic N) is 1. The average Bonchev–Trinajstić information content (AvgIpc) is 2.98. The molecule has 1 amide bonds. The number of rotatable bonds is 2. The van der Waals surface area contributed by atoms with Crippen LogP contribution in [-0.2, 0) is 10.0 Å². The number of hydrogen-bond donors (Lipinski definition) is 1. The van der Waals surface area contributed by atoms with E-state index >= 15 is 0 Å². The predicted molar refractivity (Wildman–Crippen MR) is 90.6 cm³/mol. The van der Waals surface area contributed by atoms with Crippen LogP contribution >= 0.6 is 0 Å². The number of benzene rings is 2. The van der Waals surface area contributed by atoms with Gasteiger partial charge in [0, 0.05) is 12.6 Å². The van der Waals surface area contributed by atoms with E-state index in [0.29, 0.717) is 17.2 Å². The van der Waals surface area contributed by atoms with Crippen LogP contribution in [0.4, 0.5) is 5.69 Å². The Kier molecular flexibility index (Phi) is 3.57.